The zero-order valence-electron chi connectivity index (χ0n) is 14.6. The Morgan fingerprint density at radius 2 is 1.86 bits per heavy atom. The highest BCUT2D eigenvalue weighted by molar-refractivity contribution is 6.17. The van der Waals surface area contributed by atoms with Crippen LogP contribution in [0.2, 0.25) is 0 Å². The topological polar surface area (TPSA) is 126 Å². The average Bonchev–Trinajstić information content (AvgIpc) is 3.29. The first-order valence-electron chi connectivity index (χ1n) is 8.20. The molecule has 1 amide bonds. The molecule has 140 valence electrons. The van der Waals surface area contributed by atoms with Crippen molar-refractivity contribution >= 4 is 23.0 Å². The Morgan fingerprint density at radius 3 is 2.61 bits per heavy atom. The number of carbonyl (C=O) groups excluding carboxylic acids is 1. The van der Waals surface area contributed by atoms with Gasteiger partial charge < -0.3 is 4.74 Å². The van der Waals surface area contributed by atoms with Gasteiger partial charge in [0.15, 0.2) is 0 Å². The maximum absolute atomic E-state index is 12.8. The number of anilines is 1. The molecule has 2 aromatic carbocycles. The molecule has 28 heavy (non-hydrogen) atoms. The predicted octanol–water partition coefficient (Wildman–Crippen LogP) is 1.63. The summed E-state index contributed by atoms with van der Waals surface area (Å²) in [7, 11) is 0. The number of aromatic nitrogens is 4. The number of para-hydroxylation sites is 1. The zero-order valence-corrected chi connectivity index (χ0v) is 14.6. The van der Waals surface area contributed by atoms with E-state index >= 15 is 0 Å². The van der Waals surface area contributed by atoms with Crippen LogP contribution in [0.3, 0.4) is 0 Å². The number of amides is 1. The van der Waals surface area contributed by atoms with Crippen LogP contribution in [-0.2, 0) is 4.79 Å². The summed E-state index contributed by atoms with van der Waals surface area (Å²) in [6, 6.07) is 15.0. The summed E-state index contributed by atoms with van der Waals surface area (Å²) in [5, 5.41) is 25.7. The number of benzene rings is 2. The van der Waals surface area contributed by atoms with Gasteiger partial charge in [0.1, 0.15) is 0 Å². The molecule has 0 fully saturated rings. The van der Waals surface area contributed by atoms with Gasteiger partial charge in [0.25, 0.3) is 10.8 Å². The van der Waals surface area contributed by atoms with Crippen LogP contribution in [0.4, 0.5) is 11.4 Å². The van der Waals surface area contributed by atoms with Gasteiger partial charge in [-0.05, 0) is 35.5 Å². The fourth-order valence-electron chi connectivity index (χ4n) is 2.70. The Bertz CT molecular complexity index is 1080. The van der Waals surface area contributed by atoms with E-state index in [2.05, 4.69) is 20.6 Å². The van der Waals surface area contributed by atoms with E-state index in [0.29, 0.717) is 17.1 Å². The van der Waals surface area contributed by atoms with E-state index in [1.165, 1.54) is 22.9 Å². The number of carbonyl (C=O) groups is 1. The van der Waals surface area contributed by atoms with Gasteiger partial charge >= 0.3 is 11.7 Å². The lowest BCUT2D eigenvalue weighted by atomic mass is 10.2. The van der Waals surface area contributed by atoms with E-state index in [0.717, 1.165) is 5.01 Å². The maximum Gasteiger partial charge on any atom is 0.341 e. The SMILES string of the molecule is CC1=NN(c2cccc([N+](=O)O)c2)C(=O)C1Oc1nnnn1-c1ccccc1. The molecule has 0 saturated carbocycles. The number of tetrazole rings is 1. The number of nitrogens with zero attached hydrogens (tertiary/aromatic N) is 7. The molecular weight excluding hydrogens is 366 g/mol. The minimum Gasteiger partial charge on any atom is -0.442 e. The zero-order chi connectivity index (χ0) is 19.7. The summed E-state index contributed by atoms with van der Waals surface area (Å²) in [5.74, 6) is -0.479. The highest BCUT2D eigenvalue weighted by Gasteiger charge is 2.38. The highest BCUT2D eigenvalue weighted by atomic mass is 16.6. The second-order valence-electron chi connectivity index (χ2n) is 5.89. The second-order valence-corrected chi connectivity index (χ2v) is 5.89. The van der Waals surface area contributed by atoms with Crippen LogP contribution in [0.5, 0.6) is 6.01 Å². The molecule has 1 atom stereocenters. The quantitative estimate of drug-likeness (QED) is 0.667. The predicted molar refractivity (Wildman–Crippen MR) is 95.7 cm³/mol. The molecule has 0 bridgehead atoms. The van der Waals surface area contributed by atoms with Gasteiger partial charge in [0.2, 0.25) is 6.10 Å². The summed E-state index contributed by atoms with van der Waals surface area (Å²) in [5.41, 5.74) is 1.34. The monoisotopic (exact) mass is 380 g/mol. The number of ether oxygens (including phenoxy) is 1. The van der Waals surface area contributed by atoms with Gasteiger partial charge in [-0.1, -0.05) is 29.4 Å². The Kier molecular flexibility index (Phi) is 4.24. The van der Waals surface area contributed by atoms with Crippen LogP contribution in [0.1, 0.15) is 6.92 Å². The van der Waals surface area contributed by atoms with Gasteiger partial charge in [-0.25, -0.2) is 5.21 Å². The maximum atomic E-state index is 12.8. The van der Waals surface area contributed by atoms with Crippen molar-refractivity contribution in [3.8, 4) is 11.7 Å². The summed E-state index contributed by atoms with van der Waals surface area (Å²) < 4.78 is 7.10. The molecule has 0 saturated heterocycles. The molecule has 0 spiro atoms. The lowest BCUT2D eigenvalue weighted by molar-refractivity contribution is -0.729. The normalized spacial score (nSPS) is 16.2. The van der Waals surface area contributed by atoms with Crippen LogP contribution in [0.25, 0.3) is 5.69 Å². The third-order valence-corrected chi connectivity index (χ3v) is 4.03. The molecule has 11 heteroatoms. The highest BCUT2D eigenvalue weighted by Crippen LogP contribution is 2.26. The fraction of sp³-hybridized carbons (Fsp3) is 0.118. The van der Waals surface area contributed by atoms with Crippen LogP contribution in [-0.4, -0.2) is 48.1 Å². The van der Waals surface area contributed by atoms with Crippen molar-refractivity contribution in [2.45, 2.75) is 13.0 Å². The molecule has 1 aromatic heterocycles. The standard InChI is InChI=1S/C17H14N7O4/c1-11-15(28-17-18-20-21-23(17)12-6-3-2-4-7-12)16(25)22(19-11)13-8-5-9-14(10-13)24(26)27/h2-10,15H,1H3,(H,26,27)/q+1. The number of hydrogen-bond donors (Lipinski definition) is 1. The van der Waals surface area contributed by atoms with Crippen LogP contribution in [0, 0.1) is 4.91 Å². The Morgan fingerprint density at radius 1 is 1.11 bits per heavy atom. The lowest BCUT2D eigenvalue weighted by Gasteiger charge is -2.14. The van der Waals surface area contributed by atoms with Crippen molar-refractivity contribution in [1.82, 2.24) is 20.2 Å². The first kappa shape index (κ1) is 17.3. The lowest BCUT2D eigenvalue weighted by Crippen LogP contribution is -2.36. The molecule has 1 unspecified atom stereocenters. The average molecular weight is 380 g/mol. The van der Waals surface area contributed by atoms with E-state index in [-0.39, 0.29) is 16.6 Å². The van der Waals surface area contributed by atoms with Gasteiger partial charge in [-0.15, -0.1) is 0 Å². The van der Waals surface area contributed by atoms with Crippen molar-refractivity contribution < 1.29 is 19.7 Å². The van der Waals surface area contributed by atoms with Crippen LogP contribution >= 0.6 is 0 Å². The van der Waals surface area contributed by atoms with Gasteiger partial charge in [-0.2, -0.15) is 14.8 Å². The van der Waals surface area contributed by atoms with E-state index in [4.69, 9.17) is 9.94 Å². The number of hydrazone groups is 1. The Labute approximate surface area is 158 Å². The first-order valence-corrected chi connectivity index (χ1v) is 8.20. The molecule has 11 nitrogen and oxygen atoms in total. The van der Waals surface area contributed by atoms with Gasteiger partial charge in [0.05, 0.1) is 22.0 Å². The van der Waals surface area contributed by atoms with Crippen LogP contribution in [0.15, 0.2) is 59.7 Å². The van der Waals surface area contributed by atoms with E-state index < -0.39 is 12.0 Å². The van der Waals surface area contributed by atoms with E-state index in [9.17, 15) is 9.70 Å². The van der Waals surface area contributed by atoms with Gasteiger partial charge in [-0.3, -0.25) is 4.79 Å². The van der Waals surface area contributed by atoms with Crippen molar-refractivity contribution in [2.24, 2.45) is 5.10 Å². The fourth-order valence-corrected chi connectivity index (χ4v) is 2.70. The second kappa shape index (κ2) is 6.87. The largest absolute Gasteiger partial charge is 0.442 e. The van der Waals surface area contributed by atoms with Gasteiger partial charge in [0, 0.05) is 12.1 Å². The summed E-state index contributed by atoms with van der Waals surface area (Å²) in [6.45, 7) is 1.63. The molecule has 1 aliphatic heterocycles. The van der Waals surface area contributed by atoms with E-state index in [1.54, 1.807) is 25.1 Å². The number of rotatable bonds is 5. The molecule has 4 rings (SSSR count). The van der Waals surface area contributed by atoms with Crippen molar-refractivity contribution in [3.63, 3.8) is 0 Å². The van der Waals surface area contributed by atoms with Crippen LogP contribution < -0.4 is 9.75 Å². The molecular formula is C17H14N7O4+. The molecule has 0 radical (unpaired) electrons. The van der Waals surface area contributed by atoms with Crippen molar-refractivity contribution in [1.29, 1.82) is 0 Å². The van der Waals surface area contributed by atoms with E-state index in [1.807, 2.05) is 18.2 Å². The molecule has 1 aliphatic rings. The third kappa shape index (κ3) is 3.05. The van der Waals surface area contributed by atoms with Crippen molar-refractivity contribution in [3.05, 3.63) is 59.5 Å². The minimum atomic E-state index is -1.03. The molecule has 2 heterocycles. The molecule has 1 N–H and O–H groups in total. The summed E-state index contributed by atoms with van der Waals surface area (Å²) in [6.07, 6.45) is -1.03. The summed E-state index contributed by atoms with van der Waals surface area (Å²) in [4.78, 5) is 23.6. The molecule has 0 aliphatic carbocycles. The number of hydrogen-bond acceptors (Lipinski definition) is 7. The smallest absolute Gasteiger partial charge is 0.341 e. The summed E-state index contributed by atoms with van der Waals surface area (Å²) >= 11 is 0. The molecule has 3 aromatic rings. The minimum absolute atomic E-state index is 0.0319. The Balaban J connectivity index is 1.60. The van der Waals surface area contributed by atoms with Crippen molar-refractivity contribution in [2.75, 3.05) is 5.01 Å². The Hall–Kier alpha value is -4.15. The first-order chi connectivity index (χ1) is 13.5. The third-order valence-electron chi connectivity index (χ3n) is 4.03.